The van der Waals surface area contributed by atoms with Gasteiger partial charge in [0.15, 0.2) is 0 Å². The molecule has 0 fully saturated rings. The second-order valence-electron chi connectivity index (χ2n) is 3.58. The number of benzene rings is 1. The highest BCUT2D eigenvalue weighted by atomic mass is 35.5. The molecule has 3 N–H and O–H groups in total. The molecule has 1 heterocycles. The van der Waals surface area contributed by atoms with E-state index in [9.17, 15) is 4.79 Å². The Bertz CT molecular complexity index is 670. The summed E-state index contributed by atoms with van der Waals surface area (Å²) in [5.74, 6) is -1.16. The molecule has 0 saturated carbocycles. The van der Waals surface area contributed by atoms with Gasteiger partial charge in [0.25, 0.3) is 0 Å². The molecule has 18 heavy (non-hydrogen) atoms. The first-order valence-corrected chi connectivity index (χ1v) is 5.32. The molecular weight excluding hydrogens is 254 g/mol. The molecule has 0 aliphatic heterocycles. The third-order valence-corrected chi connectivity index (χ3v) is 2.71. The molecule has 0 bridgehead atoms. The van der Waals surface area contributed by atoms with Crippen LogP contribution in [-0.2, 0) is 0 Å². The Morgan fingerprint density at radius 2 is 2.22 bits per heavy atom. The average Bonchev–Trinajstić information content (AvgIpc) is 2.75. The molecule has 0 radical (unpaired) electrons. The van der Waals surface area contributed by atoms with Gasteiger partial charge in [-0.3, -0.25) is 0 Å². The Morgan fingerprint density at radius 3 is 2.83 bits per heavy atom. The number of hydrogen-bond donors (Lipinski definition) is 2. The first-order chi connectivity index (χ1) is 8.54. The summed E-state index contributed by atoms with van der Waals surface area (Å²) in [5, 5.41) is 18.3. The fraction of sp³-hybridized carbons (Fsp3) is 0. The molecule has 0 aliphatic carbocycles. The normalized spacial score (nSPS) is 10.0. The minimum Gasteiger partial charge on any atom is -0.478 e. The zero-order chi connectivity index (χ0) is 13.3. The van der Waals surface area contributed by atoms with Crippen molar-refractivity contribution in [3.05, 3.63) is 46.7 Å². The van der Waals surface area contributed by atoms with Gasteiger partial charge in [0.2, 0.25) is 0 Å². The zero-order valence-corrected chi connectivity index (χ0v) is 9.85. The van der Waals surface area contributed by atoms with Crippen LogP contribution in [0.1, 0.15) is 16.1 Å². The van der Waals surface area contributed by atoms with E-state index in [1.165, 1.54) is 16.7 Å². The number of anilines is 1. The Morgan fingerprint density at radius 1 is 1.50 bits per heavy atom. The van der Waals surface area contributed by atoms with Crippen molar-refractivity contribution >= 4 is 23.3 Å². The smallest absolute Gasteiger partial charge is 0.337 e. The van der Waals surface area contributed by atoms with Gasteiger partial charge in [0, 0.05) is 11.9 Å². The Hall–Kier alpha value is -2.45. The van der Waals surface area contributed by atoms with Crippen LogP contribution in [0.5, 0.6) is 0 Å². The van der Waals surface area contributed by atoms with E-state index in [1.54, 1.807) is 18.3 Å². The van der Waals surface area contributed by atoms with Crippen LogP contribution in [0.4, 0.5) is 5.69 Å². The van der Waals surface area contributed by atoms with Crippen molar-refractivity contribution in [1.29, 1.82) is 5.26 Å². The predicted molar refractivity (Wildman–Crippen MR) is 66.9 cm³/mol. The van der Waals surface area contributed by atoms with Crippen molar-refractivity contribution in [3.8, 4) is 11.8 Å². The first-order valence-electron chi connectivity index (χ1n) is 4.94. The van der Waals surface area contributed by atoms with Gasteiger partial charge < -0.3 is 15.4 Å². The van der Waals surface area contributed by atoms with Crippen LogP contribution >= 0.6 is 11.6 Å². The quantitative estimate of drug-likeness (QED) is 0.811. The van der Waals surface area contributed by atoms with Crippen LogP contribution in [0.3, 0.4) is 0 Å². The molecule has 1 aromatic heterocycles. The number of aromatic nitrogens is 1. The molecule has 2 rings (SSSR count). The predicted octanol–water partition coefficient (Wildman–Crippen LogP) is 2.28. The van der Waals surface area contributed by atoms with E-state index in [1.807, 2.05) is 6.07 Å². The van der Waals surface area contributed by atoms with Gasteiger partial charge in [-0.15, -0.1) is 0 Å². The summed E-state index contributed by atoms with van der Waals surface area (Å²) < 4.78 is 1.42. The number of rotatable bonds is 2. The number of nitrogens with zero attached hydrogens (tertiary/aromatic N) is 2. The van der Waals surface area contributed by atoms with E-state index in [4.69, 9.17) is 27.7 Å². The van der Waals surface area contributed by atoms with Crippen molar-refractivity contribution in [2.45, 2.75) is 0 Å². The van der Waals surface area contributed by atoms with Crippen molar-refractivity contribution in [2.24, 2.45) is 0 Å². The number of aromatic carboxylic acids is 1. The largest absolute Gasteiger partial charge is 0.478 e. The van der Waals surface area contributed by atoms with Gasteiger partial charge >= 0.3 is 5.97 Å². The number of hydrogen-bond acceptors (Lipinski definition) is 3. The van der Waals surface area contributed by atoms with Gasteiger partial charge in [-0.25, -0.2) is 4.79 Å². The fourth-order valence-corrected chi connectivity index (χ4v) is 2.01. The van der Waals surface area contributed by atoms with Crippen molar-refractivity contribution in [2.75, 3.05) is 5.73 Å². The molecular formula is C12H8ClN3O2. The molecule has 0 amide bonds. The van der Waals surface area contributed by atoms with Crippen molar-refractivity contribution in [1.82, 2.24) is 4.57 Å². The first kappa shape index (κ1) is 12.0. The number of carboxylic acids is 1. The number of nitrogens with two attached hydrogens (primary N) is 1. The lowest BCUT2D eigenvalue weighted by atomic mass is 10.1. The summed E-state index contributed by atoms with van der Waals surface area (Å²) in [6, 6.07) is 7.92. The summed E-state index contributed by atoms with van der Waals surface area (Å²) in [6.07, 6.45) is 1.57. The van der Waals surface area contributed by atoms with E-state index < -0.39 is 5.97 Å². The van der Waals surface area contributed by atoms with Crippen LogP contribution in [0.15, 0.2) is 30.5 Å². The lowest BCUT2D eigenvalue weighted by Crippen LogP contribution is -2.08. The molecule has 2 aromatic rings. The van der Waals surface area contributed by atoms with E-state index in [0.717, 1.165) is 0 Å². The Balaban J connectivity index is 2.79. The fourth-order valence-electron chi connectivity index (χ4n) is 1.69. The SMILES string of the molecule is N#Cc1cccn1-c1c(Cl)cc(N)cc1C(=O)O. The summed E-state index contributed by atoms with van der Waals surface area (Å²) in [7, 11) is 0. The minimum atomic E-state index is -1.16. The second-order valence-corrected chi connectivity index (χ2v) is 3.99. The van der Waals surface area contributed by atoms with Gasteiger partial charge in [-0.05, 0) is 24.3 Å². The number of nitriles is 1. The summed E-state index contributed by atoms with van der Waals surface area (Å²) in [6.45, 7) is 0. The van der Waals surface area contributed by atoms with E-state index in [2.05, 4.69) is 0 Å². The molecule has 0 saturated heterocycles. The number of halogens is 1. The Labute approximate surface area is 108 Å². The minimum absolute atomic E-state index is 0.0484. The van der Waals surface area contributed by atoms with Gasteiger partial charge in [-0.1, -0.05) is 11.6 Å². The standard InChI is InChI=1S/C12H8ClN3O2/c13-10-5-7(15)4-9(12(17)18)11(10)16-3-1-2-8(16)6-14/h1-5H,15H2,(H,17,18). The van der Waals surface area contributed by atoms with Crippen molar-refractivity contribution in [3.63, 3.8) is 0 Å². The molecule has 1 aromatic carbocycles. The van der Waals surface area contributed by atoms with Crippen LogP contribution in [-0.4, -0.2) is 15.6 Å². The maximum Gasteiger partial charge on any atom is 0.337 e. The van der Waals surface area contributed by atoms with Crippen LogP contribution in [0, 0.1) is 11.3 Å². The van der Waals surface area contributed by atoms with Crippen LogP contribution < -0.4 is 5.73 Å². The molecule has 6 heteroatoms. The number of carbonyl (C=O) groups is 1. The molecule has 0 unspecified atom stereocenters. The molecule has 0 spiro atoms. The second kappa shape index (κ2) is 4.43. The summed E-state index contributed by atoms with van der Waals surface area (Å²) in [5.41, 5.74) is 6.31. The van der Waals surface area contributed by atoms with Gasteiger partial charge in [0.1, 0.15) is 11.8 Å². The zero-order valence-electron chi connectivity index (χ0n) is 9.09. The third kappa shape index (κ3) is 1.90. The lowest BCUT2D eigenvalue weighted by Gasteiger charge is -2.12. The van der Waals surface area contributed by atoms with Crippen molar-refractivity contribution < 1.29 is 9.90 Å². The molecule has 0 aliphatic rings. The highest BCUT2D eigenvalue weighted by molar-refractivity contribution is 6.33. The van der Waals surface area contributed by atoms with E-state index >= 15 is 0 Å². The Kier molecular flexibility index (Phi) is 2.96. The number of carboxylic acid groups (broad SMARTS) is 1. The maximum absolute atomic E-state index is 11.2. The third-order valence-electron chi connectivity index (χ3n) is 2.42. The van der Waals surface area contributed by atoms with E-state index in [-0.39, 0.29) is 22.0 Å². The van der Waals surface area contributed by atoms with Gasteiger partial charge in [0.05, 0.1) is 16.3 Å². The summed E-state index contributed by atoms with van der Waals surface area (Å²) in [4.78, 5) is 11.2. The topological polar surface area (TPSA) is 92.0 Å². The lowest BCUT2D eigenvalue weighted by molar-refractivity contribution is 0.0697. The average molecular weight is 262 g/mol. The molecule has 0 atom stereocenters. The van der Waals surface area contributed by atoms with Gasteiger partial charge in [-0.2, -0.15) is 5.26 Å². The summed E-state index contributed by atoms with van der Waals surface area (Å²) >= 11 is 6.03. The molecule has 90 valence electrons. The van der Waals surface area contributed by atoms with E-state index in [0.29, 0.717) is 5.69 Å². The number of nitrogen functional groups attached to an aromatic ring is 1. The highest BCUT2D eigenvalue weighted by Gasteiger charge is 2.17. The van der Waals surface area contributed by atoms with Crippen LogP contribution in [0.25, 0.3) is 5.69 Å². The monoisotopic (exact) mass is 261 g/mol. The molecule has 5 nitrogen and oxygen atoms in total. The van der Waals surface area contributed by atoms with Crippen LogP contribution in [0.2, 0.25) is 5.02 Å². The maximum atomic E-state index is 11.2. The highest BCUT2D eigenvalue weighted by Crippen LogP contribution is 2.29.